The van der Waals surface area contributed by atoms with Gasteiger partial charge < -0.3 is 9.47 Å². The number of nitrogens with zero attached hydrogens (tertiary/aromatic N) is 2. The van der Waals surface area contributed by atoms with E-state index in [1.165, 1.54) is 25.5 Å². The third-order valence-corrected chi connectivity index (χ3v) is 6.42. The Kier molecular flexibility index (Phi) is 7.97. The Labute approximate surface area is 223 Å². The summed E-state index contributed by atoms with van der Waals surface area (Å²) < 4.78 is 12.6. The van der Waals surface area contributed by atoms with Crippen molar-refractivity contribution in [1.82, 2.24) is 5.43 Å². The molecule has 0 bridgehead atoms. The fourth-order valence-electron chi connectivity index (χ4n) is 3.45. The molecule has 0 aliphatic heterocycles. The second-order valence-electron chi connectivity index (χ2n) is 7.62. The fraction of sp³-hybridized carbons (Fsp3) is 0.0769. The summed E-state index contributed by atoms with van der Waals surface area (Å²) in [4.78, 5) is 23.1. The minimum Gasteiger partial charge on any atom is -0.496 e. The number of rotatable bonds is 8. The number of ether oxygens (including phenoxy) is 2. The Morgan fingerprint density at radius 1 is 1.03 bits per heavy atom. The molecule has 4 rings (SSSR count). The summed E-state index contributed by atoms with van der Waals surface area (Å²) in [6, 6.07) is 21.0. The predicted octanol–water partition coefficient (Wildman–Crippen LogP) is 6.62. The number of fused-ring (bicyclic) bond motifs is 1. The molecule has 0 saturated carbocycles. The van der Waals surface area contributed by atoms with E-state index in [2.05, 4.69) is 42.4 Å². The van der Waals surface area contributed by atoms with Crippen molar-refractivity contribution in [2.75, 3.05) is 7.11 Å². The monoisotopic (exact) mass is 611 g/mol. The van der Waals surface area contributed by atoms with Crippen LogP contribution in [0.2, 0.25) is 0 Å². The molecular weight excluding hydrogens is 594 g/mol. The van der Waals surface area contributed by atoms with Crippen molar-refractivity contribution in [2.24, 2.45) is 5.10 Å². The summed E-state index contributed by atoms with van der Waals surface area (Å²) in [7, 11) is 1.52. The van der Waals surface area contributed by atoms with Crippen LogP contribution >= 0.6 is 31.9 Å². The van der Waals surface area contributed by atoms with Crippen LogP contribution in [0.3, 0.4) is 0 Å². The quantitative estimate of drug-likeness (QED) is 0.137. The van der Waals surface area contributed by atoms with Gasteiger partial charge >= 0.3 is 0 Å². The van der Waals surface area contributed by atoms with Crippen LogP contribution < -0.4 is 14.9 Å². The predicted molar refractivity (Wildman–Crippen MR) is 145 cm³/mol. The van der Waals surface area contributed by atoms with Crippen molar-refractivity contribution in [2.45, 2.75) is 6.61 Å². The number of nitro benzene ring substituents is 1. The molecular formula is C26H19Br2N3O5. The Hall–Kier alpha value is -3.76. The lowest BCUT2D eigenvalue weighted by atomic mass is 10.1. The number of nitro groups is 1. The number of amides is 1. The number of carbonyl (C=O) groups is 1. The smallest absolute Gasteiger partial charge is 0.275 e. The van der Waals surface area contributed by atoms with E-state index in [9.17, 15) is 14.9 Å². The van der Waals surface area contributed by atoms with E-state index < -0.39 is 10.8 Å². The lowest BCUT2D eigenvalue weighted by Crippen LogP contribution is -2.18. The van der Waals surface area contributed by atoms with Gasteiger partial charge in [-0.25, -0.2) is 5.43 Å². The van der Waals surface area contributed by atoms with Crippen molar-refractivity contribution in [3.63, 3.8) is 0 Å². The Balaban J connectivity index is 1.43. The molecule has 182 valence electrons. The third kappa shape index (κ3) is 5.89. The lowest BCUT2D eigenvalue weighted by molar-refractivity contribution is -0.384. The number of nitrogens with one attached hydrogen (secondary N) is 1. The zero-order chi connectivity index (χ0) is 25.7. The highest BCUT2D eigenvalue weighted by atomic mass is 79.9. The van der Waals surface area contributed by atoms with E-state index in [0.29, 0.717) is 31.6 Å². The minimum atomic E-state index is -0.446. The molecule has 4 aromatic carbocycles. The Morgan fingerprint density at radius 3 is 2.28 bits per heavy atom. The highest BCUT2D eigenvalue weighted by molar-refractivity contribution is 9.11. The topological polar surface area (TPSA) is 103 Å². The zero-order valence-electron chi connectivity index (χ0n) is 18.9. The van der Waals surface area contributed by atoms with Gasteiger partial charge in [0.2, 0.25) is 0 Å². The van der Waals surface area contributed by atoms with Crippen molar-refractivity contribution in [1.29, 1.82) is 0 Å². The van der Waals surface area contributed by atoms with Gasteiger partial charge in [-0.2, -0.15) is 5.10 Å². The van der Waals surface area contributed by atoms with Gasteiger partial charge in [0.25, 0.3) is 11.6 Å². The zero-order valence-corrected chi connectivity index (χ0v) is 22.1. The number of methoxy groups -OCH3 is 1. The van der Waals surface area contributed by atoms with Crippen molar-refractivity contribution < 1.29 is 19.2 Å². The van der Waals surface area contributed by atoms with Gasteiger partial charge in [-0.1, -0.05) is 24.3 Å². The van der Waals surface area contributed by atoms with E-state index in [1.807, 2.05) is 30.3 Å². The van der Waals surface area contributed by atoms with E-state index in [4.69, 9.17) is 9.47 Å². The van der Waals surface area contributed by atoms with Gasteiger partial charge in [0.15, 0.2) is 0 Å². The van der Waals surface area contributed by atoms with Gasteiger partial charge in [-0.3, -0.25) is 14.9 Å². The van der Waals surface area contributed by atoms with Crippen molar-refractivity contribution >= 4 is 60.4 Å². The number of hydrogen-bond donors (Lipinski definition) is 1. The summed E-state index contributed by atoms with van der Waals surface area (Å²) >= 11 is 6.98. The fourth-order valence-corrected chi connectivity index (χ4v) is 4.90. The van der Waals surface area contributed by atoms with Gasteiger partial charge in [-0.05, 0) is 90.2 Å². The van der Waals surface area contributed by atoms with Gasteiger partial charge in [-0.15, -0.1) is 0 Å². The van der Waals surface area contributed by atoms with E-state index >= 15 is 0 Å². The SMILES string of the molecule is COc1cc2ccccc2cc1C(=O)N/N=C\c1cc(Br)c(OCc2ccc([N+](=O)[O-])cc2)c(Br)c1. The molecule has 0 atom stereocenters. The van der Waals surface area contributed by atoms with Crippen LogP contribution in [-0.4, -0.2) is 24.2 Å². The molecule has 1 N–H and O–H groups in total. The Morgan fingerprint density at radius 2 is 1.67 bits per heavy atom. The highest BCUT2D eigenvalue weighted by Gasteiger charge is 2.14. The Bertz CT molecular complexity index is 1450. The molecule has 0 radical (unpaired) electrons. The highest BCUT2D eigenvalue weighted by Crippen LogP contribution is 2.35. The molecule has 0 fully saturated rings. The molecule has 0 unspecified atom stereocenters. The van der Waals surface area contributed by atoms with Crippen LogP contribution in [0.25, 0.3) is 10.8 Å². The van der Waals surface area contributed by atoms with Gasteiger partial charge in [0, 0.05) is 12.1 Å². The van der Waals surface area contributed by atoms with Crippen LogP contribution in [0.4, 0.5) is 5.69 Å². The lowest BCUT2D eigenvalue weighted by Gasteiger charge is -2.11. The second-order valence-corrected chi connectivity index (χ2v) is 9.33. The normalized spacial score (nSPS) is 11.0. The molecule has 4 aromatic rings. The second kappa shape index (κ2) is 11.3. The number of non-ortho nitro benzene ring substituents is 1. The maximum absolute atomic E-state index is 12.7. The standard InChI is InChI=1S/C26H19Br2N3O5/c1-35-24-13-19-5-3-2-4-18(19)12-21(24)26(32)30-29-14-17-10-22(27)25(23(28)11-17)36-15-16-6-8-20(9-7-16)31(33)34/h2-14H,15H2,1H3,(H,30,32)/b29-14-. The first-order chi connectivity index (χ1) is 17.4. The van der Waals surface area contributed by atoms with E-state index in [0.717, 1.165) is 16.3 Å². The van der Waals surface area contributed by atoms with Crippen LogP contribution in [0.15, 0.2) is 86.8 Å². The van der Waals surface area contributed by atoms with Gasteiger partial charge in [0.05, 0.1) is 32.8 Å². The molecule has 0 aliphatic rings. The largest absolute Gasteiger partial charge is 0.496 e. The van der Waals surface area contributed by atoms with Crippen molar-refractivity contribution in [3.05, 3.63) is 109 Å². The summed E-state index contributed by atoms with van der Waals surface area (Å²) in [6.45, 7) is 0.228. The summed E-state index contributed by atoms with van der Waals surface area (Å²) in [5.74, 6) is 0.631. The maximum atomic E-state index is 12.7. The number of carbonyl (C=O) groups excluding carboxylic acids is 1. The average Bonchev–Trinajstić information content (AvgIpc) is 2.87. The van der Waals surface area contributed by atoms with Crippen LogP contribution in [0.1, 0.15) is 21.5 Å². The summed E-state index contributed by atoms with van der Waals surface area (Å²) in [5, 5.41) is 16.8. The molecule has 0 heterocycles. The maximum Gasteiger partial charge on any atom is 0.275 e. The number of hydrazone groups is 1. The van der Waals surface area contributed by atoms with Crippen LogP contribution in [-0.2, 0) is 6.61 Å². The molecule has 36 heavy (non-hydrogen) atoms. The average molecular weight is 613 g/mol. The molecule has 0 aliphatic carbocycles. The number of halogens is 2. The van der Waals surface area contributed by atoms with E-state index in [1.54, 1.807) is 30.3 Å². The minimum absolute atomic E-state index is 0.0240. The van der Waals surface area contributed by atoms with Crippen LogP contribution in [0.5, 0.6) is 11.5 Å². The van der Waals surface area contributed by atoms with Crippen molar-refractivity contribution in [3.8, 4) is 11.5 Å². The van der Waals surface area contributed by atoms with E-state index in [-0.39, 0.29) is 12.3 Å². The van der Waals surface area contributed by atoms with Crippen LogP contribution in [0, 0.1) is 10.1 Å². The molecule has 8 nitrogen and oxygen atoms in total. The molecule has 0 aromatic heterocycles. The molecule has 0 saturated heterocycles. The summed E-state index contributed by atoms with van der Waals surface area (Å²) in [5.41, 5.74) is 4.44. The number of hydrogen-bond acceptors (Lipinski definition) is 6. The molecule has 0 spiro atoms. The first kappa shape index (κ1) is 25.3. The molecule has 10 heteroatoms. The first-order valence-electron chi connectivity index (χ1n) is 10.6. The van der Waals surface area contributed by atoms with Gasteiger partial charge in [0.1, 0.15) is 18.1 Å². The third-order valence-electron chi connectivity index (χ3n) is 5.24. The first-order valence-corrected chi connectivity index (χ1v) is 12.2. The number of benzene rings is 4. The summed E-state index contributed by atoms with van der Waals surface area (Å²) in [6.07, 6.45) is 1.51. The molecule has 1 amide bonds.